The second-order valence-corrected chi connectivity index (χ2v) is 16.0. The maximum atomic E-state index is 13.1. The first-order chi connectivity index (χ1) is 23.7. The van der Waals surface area contributed by atoms with Crippen molar-refractivity contribution in [3.63, 3.8) is 0 Å². The molecule has 5 aromatic rings. The van der Waals surface area contributed by atoms with Crippen molar-refractivity contribution in [1.82, 2.24) is 19.5 Å². The highest BCUT2D eigenvalue weighted by molar-refractivity contribution is 8.00. The van der Waals surface area contributed by atoms with E-state index in [1.807, 2.05) is 49.4 Å². The number of hydrogen-bond donors (Lipinski definition) is 1. The third kappa shape index (κ3) is 7.98. The zero-order chi connectivity index (χ0) is 35.7. The Labute approximate surface area is 294 Å². The van der Waals surface area contributed by atoms with Crippen LogP contribution in [0.15, 0.2) is 78.1 Å². The van der Waals surface area contributed by atoms with E-state index in [-0.39, 0.29) is 11.4 Å². The number of carboxylic acids is 1. The molecule has 0 atom stereocenters. The molecule has 6 rings (SSSR count). The number of carboxylic acid groups (broad SMARTS) is 1. The summed E-state index contributed by atoms with van der Waals surface area (Å²) in [5.41, 5.74) is 3.98. The summed E-state index contributed by atoms with van der Waals surface area (Å²) in [5, 5.41) is 11.6. The maximum Gasteiger partial charge on any atom is 0.417 e. The van der Waals surface area contributed by atoms with Gasteiger partial charge in [-0.1, -0.05) is 64.3 Å². The normalized spacial score (nSPS) is 14.9. The van der Waals surface area contributed by atoms with Gasteiger partial charge >= 0.3 is 12.1 Å². The van der Waals surface area contributed by atoms with Crippen molar-refractivity contribution >= 4 is 28.6 Å². The lowest BCUT2D eigenvalue weighted by Gasteiger charge is -2.34. The number of benzene rings is 2. The number of thioether (sulfide) groups is 1. The van der Waals surface area contributed by atoms with Crippen LogP contribution in [0.2, 0.25) is 0 Å². The third-order valence-electron chi connectivity index (χ3n) is 9.17. The van der Waals surface area contributed by atoms with Crippen LogP contribution in [0, 0.1) is 12.3 Å². The molecule has 0 spiro atoms. The number of halogens is 3. The number of hydrogen-bond acceptors (Lipinski definition) is 6. The Bertz CT molecular complexity index is 1960. The van der Waals surface area contributed by atoms with E-state index >= 15 is 0 Å². The first kappa shape index (κ1) is 35.4. The van der Waals surface area contributed by atoms with Gasteiger partial charge in [-0.3, -0.25) is 19.7 Å². The summed E-state index contributed by atoms with van der Waals surface area (Å²) >= 11 is 1.73. The van der Waals surface area contributed by atoms with E-state index < -0.39 is 23.1 Å². The fourth-order valence-corrected chi connectivity index (χ4v) is 7.77. The summed E-state index contributed by atoms with van der Waals surface area (Å²) in [6.45, 7) is 9.09. The van der Waals surface area contributed by atoms with Crippen LogP contribution < -0.4 is 4.74 Å². The molecular weight excluding hydrogens is 662 g/mol. The predicted molar refractivity (Wildman–Crippen MR) is 189 cm³/mol. The number of aromatic nitrogens is 4. The Morgan fingerprint density at radius 1 is 0.940 bits per heavy atom. The third-order valence-corrected chi connectivity index (χ3v) is 10.4. The molecule has 2 aromatic carbocycles. The summed E-state index contributed by atoms with van der Waals surface area (Å²) in [6.07, 6.45) is 4.28. The lowest BCUT2D eigenvalue weighted by Crippen LogP contribution is -2.36. The number of pyridine rings is 1. The monoisotopic (exact) mass is 702 g/mol. The van der Waals surface area contributed by atoms with Crippen LogP contribution in [0.3, 0.4) is 0 Å². The molecular formula is C39H41F3N4O3S. The number of rotatable bonds is 10. The zero-order valence-electron chi connectivity index (χ0n) is 28.7. The van der Waals surface area contributed by atoms with E-state index in [2.05, 4.69) is 40.3 Å². The minimum atomic E-state index is -4.45. The Balaban J connectivity index is 1.41. The first-order valence-electron chi connectivity index (χ1n) is 16.8. The molecule has 1 N–H and O–H groups in total. The van der Waals surface area contributed by atoms with Gasteiger partial charge in [0.25, 0.3) is 0 Å². The summed E-state index contributed by atoms with van der Waals surface area (Å²) in [4.78, 5) is 26.8. The molecule has 0 saturated heterocycles. The molecule has 1 fully saturated rings. The van der Waals surface area contributed by atoms with Crippen molar-refractivity contribution in [2.45, 2.75) is 95.2 Å². The lowest BCUT2D eigenvalue weighted by molar-refractivity contribution is -0.151. The highest BCUT2D eigenvalue weighted by atomic mass is 32.2. The van der Waals surface area contributed by atoms with Gasteiger partial charge in [0.05, 0.1) is 34.3 Å². The van der Waals surface area contributed by atoms with Gasteiger partial charge in [0.2, 0.25) is 0 Å². The largest absolute Gasteiger partial charge is 0.487 e. The number of ether oxygens (including phenoxy) is 1. The average molecular weight is 703 g/mol. The van der Waals surface area contributed by atoms with Crippen LogP contribution in [-0.2, 0) is 30.5 Å². The highest BCUT2D eigenvalue weighted by Gasteiger charge is 2.42. The molecule has 0 aliphatic heterocycles. The van der Waals surface area contributed by atoms with Gasteiger partial charge in [-0.2, -0.15) is 13.2 Å². The summed E-state index contributed by atoms with van der Waals surface area (Å²) in [5.74, 6) is -0.0734. The molecule has 3 heterocycles. The minimum absolute atomic E-state index is 0.165. The van der Waals surface area contributed by atoms with Crippen molar-refractivity contribution in [2.24, 2.45) is 5.41 Å². The predicted octanol–water partition coefficient (Wildman–Crippen LogP) is 9.92. The second-order valence-electron chi connectivity index (χ2n) is 14.1. The maximum absolute atomic E-state index is 13.1. The fourth-order valence-electron chi connectivity index (χ4n) is 6.58. The smallest absolute Gasteiger partial charge is 0.417 e. The van der Waals surface area contributed by atoms with Crippen molar-refractivity contribution in [2.75, 3.05) is 0 Å². The average Bonchev–Trinajstić information content (AvgIpc) is 3.34. The number of carbonyl (C=O) groups is 1. The van der Waals surface area contributed by atoms with Gasteiger partial charge in [0.1, 0.15) is 12.4 Å². The molecule has 50 heavy (non-hydrogen) atoms. The Hall–Kier alpha value is -4.38. The fraction of sp³-hybridized carbons (Fsp3) is 0.385. The topological polar surface area (TPSA) is 90.1 Å². The van der Waals surface area contributed by atoms with Crippen LogP contribution in [0.1, 0.15) is 81.1 Å². The first-order valence-corrected chi connectivity index (χ1v) is 17.6. The van der Waals surface area contributed by atoms with Crippen molar-refractivity contribution < 1.29 is 27.8 Å². The van der Waals surface area contributed by atoms with Gasteiger partial charge in [0, 0.05) is 57.2 Å². The second kappa shape index (κ2) is 14.1. The van der Waals surface area contributed by atoms with Gasteiger partial charge in [0.15, 0.2) is 0 Å². The SMILES string of the molecule is Cc1cnc(COc2ccc3c(c2)c(SC(C)(C)C)c(CC2(C(=O)O)CCCCC2)n3Cc2ccc(-c3ccc(C(F)(F)F)cn3)cc2)cn1. The molecule has 0 radical (unpaired) electrons. The molecule has 1 saturated carbocycles. The number of fused-ring (bicyclic) bond motifs is 1. The van der Waals surface area contributed by atoms with Crippen molar-refractivity contribution in [1.29, 1.82) is 0 Å². The van der Waals surface area contributed by atoms with Crippen LogP contribution in [0.5, 0.6) is 5.75 Å². The van der Waals surface area contributed by atoms with Gasteiger partial charge in [-0.25, -0.2) is 0 Å². The number of alkyl halides is 3. The van der Waals surface area contributed by atoms with E-state index in [4.69, 9.17) is 4.74 Å². The molecule has 0 unspecified atom stereocenters. The zero-order valence-corrected chi connectivity index (χ0v) is 29.5. The molecule has 7 nitrogen and oxygen atoms in total. The summed E-state index contributed by atoms with van der Waals surface area (Å²) < 4.78 is 47.5. The number of aryl methyl sites for hydroxylation is 1. The van der Waals surface area contributed by atoms with Crippen LogP contribution in [-0.4, -0.2) is 35.3 Å². The van der Waals surface area contributed by atoms with Crippen molar-refractivity contribution in [3.05, 3.63) is 101 Å². The quantitative estimate of drug-likeness (QED) is 0.145. The molecule has 3 aromatic heterocycles. The van der Waals surface area contributed by atoms with E-state index in [1.165, 1.54) is 6.07 Å². The number of aliphatic carboxylic acids is 1. The lowest BCUT2D eigenvalue weighted by atomic mass is 9.71. The highest BCUT2D eigenvalue weighted by Crippen LogP contribution is 2.47. The van der Waals surface area contributed by atoms with Crippen LogP contribution in [0.4, 0.5) is 13.2 Å². The Morgan fingerprint density at radius 3 is 2.28 bits per heavy atom. The standard InChI is InChI=1S/C39H41F3N4O3S/c1-25-20-44-29(22-43-25)24-49-30-13-15-33-31(18-30)35(50-37(2,3)4)34(19-38(36(47)48)16-6-5-7-17-38)46(33)23-26-8-10-27(11-9-26)32-14-12-28(21-45-32)39(40,41)42/h8-15,18,20-22H,5-7,16-17,19,23-24H2,1-4H3,(H,47,48). The summed E-state index contributed by atoms with van der Waals surface area (Å²) in [6, 6.07) is 16.1. The van der Waals surface area contributed by atoms with E-state index in [1.54, 1.807) is 24.2 Å². The Kier molecular flexibility index (Phi) is 9.99. The summed E-state index contributed by atoms with van der Waals surface area (Å²) in [7, 11) is 0. The van der Waals surface area contributed by atoms with Crippen LogP contribution in [0.25, 0.3) is 22.2 Å². The minimum Gasteiger partial charge on any atom is -0.487 e. The van der Waals surface area contributed by atoms with E-state index in [9.17, 15) is 23.1 Å². The molecule has 11 heteroatoms. The van der Waals surface area contributed by atoms with Gasteiger partial charge in [-0.15, -0.1) is 11.8 Å². The van der Waals surface area contributed by atoms with Gasteiger partial charge in [-0.05, 0) is 55.7 Å². The number of nitrogens with zero attached hydrogens (tertiary/aromatic N) is 4. The molecule has 262 valence electrons. The molecule has 0 amide bonds. The van der Waals surface area contributed by atoms with E-state index in [0.717, 1.165) is 64.3 Å². The molecule has 1 aliphatic rings. The van der Waals surface area contributed by atoms with E-state index in [0.29, 0.717) is 48.5 Å². The molecule has 1 aliphatic carbocycles. The Morgan fingerprint density at radius 2 is 1.68 bits per heavy atom. The molecule has 0 bridgehead atoms. The van der Waals surface area contributed by atoms with Gasteiger partial charge < -0.3 is 14.4 Å². The van der Waals surface area contributed by atoms with Crippen LogP contribution >= 0.6 is 11.8 Å². The van der Waals surface area contributed by atoms with Crippen molar-refractivity contribution in [3.8, 4) is 17.0 Å².